The maximum absolute atomic E-state index is 13.0. The highest BCUT2D eigenvalue weighted by Crippen LogP contribution is 2.27. The van der Waals surface area contributed by atoms with Gasteiger partial charge in [-0.1, -0.05) is 37.6 Å². The van der Waals surface area contributed by atoms with Crippen molar-refractivity contribution in [1.29, 1.82) is 5.26 Å². The Bertz CT molecular complexity index is 1450. The number of hydrogen-bond donors (Lipinski definition) is 1. The highest BCUT2D eigenvalue weighted by Gasteiger charge is 2.21. The molecule has 1 unspecified atom stereocenters. The predicted molar refractivity (Wildman–Crippen MR) is 137 cm³/mol. The van der Waals surface area contributed by atoms with Crippen molar-refractivity contribution < 1.29 is 9.53 Å². The van der Waals surface area contributed by atoms with E-state index in [1.807, 2.05) is 44.2 Å². The van der Waals surface area contributed by atoms with E-state index in [1.54, 1.807) is 6.92 Å². The van der Waals surface area contributed by atoms with Crippen LogP contribution in [0.1, 0.15) is 54.5 Å². The molecular weight excluding hydrogens is 438 g/mol. The molecule has 0 spiro atoms. The van der Waals surface area contributed by atoms with Crippen LogP contribution < -0.4 is 10.1 Å². The minimum atomic E-state index is -0.786. The molecule has 2 aromatic carbocycles. The van der Waals surface area contributed by atoms with E-state index in [2.05, 4.69) is 49.4 Å². The summed E-state index contributed by atoms with van der Waals surface area (Å²) < 4.78 is 7.33. The van der Waals surface area contributed by atoms with Crippen LogP contribution in [0.3, 0.4) is 0 Å². The lowest BCUT2D eigenvalue weighted by atomic mass is 10.0. The number of rotatable bonds is 6. The van der Waals surface area contributed by atoms with E-state index in [1.165, 1.54) is 22.0 Å². The average Bonchev–Trinajstić information content (AvgIpc) is 3.22. The van der Waals surface area contributed by atoms with Crippen molar-refractivity contribution in [3.8, 4) is 17.6 Å². The molecule has 2 aromatic heterocycles. The maximum Gasteiger partial charge on any atom is 0.266 e. The lowest BCUT2D eigenvalue weighted by Gasteiger charge is -2.17. The van der Waals surface area contributed by atoms with E-state index >= 15 is 0 Å². The molecule has 0 saturated carbocycles. The van der Waals surface area contributed by atoms with Crippen molar-refractivity contribution >= 4 is 22.6 Å². The van der Waals surface area contributed by atoms with Crippen LogP contribution in [0.5, 0.6) is 5.75 Å². The molecule has 1 amide bonds. The number of ether oxygens (including phenoxy) is 1. The molecule has 7 heteroatoms. The Kier molecular flexibility index (Phi) is 6.57. The molecule has 1 atom stereocenters. The van der Waals surface area contributed by atoms with Crippen LogP contribution in [0.4, 0.5) is 5.82 Å². The Hall–Kier alpha value is -4.18. The van der Waals surface area contributed by atoms with E-state index in [0.29, 0.717) is 17.5 Å². The van der Waals surface area contributed by atoms with Crippen LogP contribution in [0.2, 0.25) is 0 Å². The zero-order chi connectivity index (χ0) is 25.3. The second kappa shape index (κ2) is 9.59. The monoisotopic (exact) mass is 467 g/mol. The Morgan fingerprint density at radius 1 is 1.06 bits per heavy atom. The number of anilines is 1. The first-order chi connectivity index (χ1) is 16.7. The Morgan fingerprint density at radius 3 is 2.43 bits per heavy atom. The summed E-state index contributed by atoms with van der Waals surface area (Å²) in [6, 6.07) is 15.9. The van der Waals surface area contributed by atoms with Crippen LogP contribution in [-0.4, -0.2) is 26.8 Å². The number of nitrogens with zero attached hydrogens (tertiary/aromatic N) is 4. The molecular formula is C28H29N5O2. The van der Waals surface area contributed by atoms with Gasteiger partial charge in [0.2, 0.25) is 0 Å². The fraction of sp³-hybridized carbons (Fsp3) is 0.286. The van der Waals surface area contributed by atoms with Crippen molar-refractivity contribution in [1.82, 2.24) is 14.8 Å². The molecule has 178 valence electrons. The average molecular weight is 468 g/mol. The fourth-order valence-electron chi connectivity index (χ4n) is 4.07. The molecule has 4 aromatic rings. The second-order valence-corrected chi connectivity index (χ2v) is 9.18. The summed E-state index contributed by atoms with van der Waals surface area (Å²) in [6.45, 7) is 12.0. The molecule has 0 aliphatic carbocycles. The summed E-state index contributed by atoms with van der Waals surface area (Å²) in [4.78, 5) is 17.8. The van der Waals surface area contributed by atoms with Crippen LogP contribution >= 0.6 is 0 Å². The second-order valence-electron chi connectivity index (χ2n) is 9.18. The standard InChI is InChI=1S/C28H29N5O2/c1-16(2)21-7-9-23(10-8-21)35-20(6)28(34)32-27-22(14-29)15-30-33(27)25-13-18(4)24-12-17(3)11-19(5)26(24)31-25/h7-13,15-16,20H,1-6H3,(H,32,34). The molecule has 0 fully saturated rings. The van der Waals surface area contributed by atoms with Gasteiger partial charge in [-0.2, -0.15) is 15.0 Å². The third-order valence-corrected chi connectivity index (χ3v) is 6.02. The highest BCUT2D eigenvalue weighted by molar-refractivity contribution is 5.95. The van der Waals surface area contributed by atoms with Crippen LogP contribution in [0.25, 0.3) is 16.7 Å². The van der Waals surface area contributed by atoms with Gasteiger partial charge in [-0.15, -0.1) is 0 Å². The van der Waals surface area contributed by atoms with Gasteiger partial charge < -0.3 is 10.1 Å². The number of pyridine rings is 1. The third kappa shape index (κ3) is 4.87. The molecule has 0 radical (unpaired) electrons. The van der Waals surface area contributed by atoms with Crippen LogP contribution in [0.15, 0.2) is 48.7 Å². The number of benzene rings is 2. The zero-order valence-corrected chi connectivity index (χ0v) is 20.9. The van der Waals surface area contributed by atoms with E-state index < -0.39 is 6.10 Å². The predicted octanol–water partition coefficient (Wildman–Crippen LogP) is 5.75. The highest BCUT2D eigenvalue weighted by atomic mass is 16.5. The summed E-state index contributed by atoms with van der Waals surface area (Å²) in [5.74, 6) is 1.41. The van der Waals surface area contributed by atoms with E-state index in [-0.39, 0.29) is 17.3 Å². The molecule has 0 aliphatic rings. The van der Waals surface area contributed by atoms with Crippen LogP contribution in [-0.2, 0) is 4.79 Å². The summed E-state index contributed by atoms with van der Waals surface area (Å²) in [5, 5.41) is 17.9. The van der Waals surface area contributed by atoms with E-state index in [0.717, 1.165) is 22.0 Å². The quantitative estimate of drug-likeness (QED) is 0.390. The van der Waals surface area contributed by atoms with E-state index in [9.17, 15) is 10.1 Å². The van der Waals surface area contributed by atoms with Gasteiger partial charge in [0.25, 0.3) is 5.91 Å². The molecule has 0 bridgehead atoms. The first kappa shape index (κ1) is 24.0. The minimum absolute atomic E-state index is 0.243. The Balaban J connectivity index is 1.63. The van der Waals surface area contributed by atoms with Gasteiger partial charge >= 0.3 is 0 Å². The van der Waals surface area contributed by atoms with Gasteiger partial charge in [0.1, 0.15) is 17.4 Å². The van der Waals surface area contributed by atoms with Crippen molar-refractivity contribution in [2.75, 3.05) is 5.32 Å². The number of fused-ring (bicyclic) bond motifs is 1. The lowest BCUT2D eigenvalue weighted by molar-refractivity contribution is -0.122. The number of aromatic nitrogens is 3. The molecule has 7 nitrogen and oxygen atoms in total. The van der Waals surface area contributed by atoms with Crippen molar-refractivity contribution in [3.05, 3.63) is 76.5 Å². The number of carbonyl (C=O) groups excluding carboxylic acids is 1. The maximum atomic E-state index is 13.0. The minimum Gasteiger partial charge on any atom is -0.481 e. The molecule has 4 rings (SSSR count). The zero-order valence-electron chi connectivity index (χ0n) is 20.9. The number of amides is 1. The largest absolute Gasteiger partial charge is 0.481 e. The third-order valence-electron chi connectivity index (χ3n) is 6.02. The first-order valence-electron chi connectivity index (χ1n) is 11.6. The molecule has 2 heterocycles. The van der Waals surface area contributed by atoms with Gasteiger partial charge in [-0.05, 0) is 74.6 Å². The summed E-state index contributed by atoms with van der Waals surface area (Å²) in [6.07, 6.45) is 0.640. The summed E-state index contributed by atoms with van der Waals surface area (Å²) >= 11 is 0. The summed E-state index contributed by atoms with van der Waals surface area (Å²) in [5.41, 5.74) is 5.55. The first-order valence-corrected chi connectivity index (χ1v) is 11.6. The van der Waals surface area contributed by atoms with Gasteiger partial charge in [0.05, 0.1) is 11.7 Å². The number of aryl methyl sites for hydroxylation is 3. The van der Waals surface area contributed by atoms with E-state index in [4.69, 9.17) is 9.72 Å². The lowest BCUT2D eigenvalue weighted by Crippen LogP contribution is -2.31. The van der Waals surface area contributed by atoms with Gasteiger partial charge in [-0.3, -0.25) is 4.79 Å². The smallest absolute Gasteiger partial charge is 0.266 e. The molecule has 35 heavy (non-hydrogen) atoms. The Labute approximate surface area is 205 Å². The van der Waals surface area contributed by atoms with Crippen LogP contribution in [0, 0.1) is 32.1 Å². The SMILES string of the molecule is Cc1cc(C)c2nc(-n3ncc(C#N)c3NC(=O)C(C)Oc3ccc(C(C)C)cc3)cc(C)c2c1. The molecule has 1 N–H and O–H groups in total. The van der Waals surface area contributed by atoms with Crippen molar-refractivity contribution in [3.63, 3.8) is 0 Å². The number of carbonyl (C=O) groups is 1. The van der Waals surface area contributed by atoms with Crippen molar-refractivity contribution in [2.45, 2.75) is 53.6 Å². The van der Waals surface area contributed by atoms with Crippen molar-refractivity contribution in [2.24, 2.45) is 0 Å². The van der Waals surface area contributed by atoms with Gasteiger partial charge in [0.15, 0.2) is 17.7 Å². The molecule has 0 aliphatic heterocycles. The van der Waals surface area contributed by atoms with Gasteiger partial charge in [0, 0.05) is 5.39 Å². The molecule has 0 saturated heterocycles. The normalized spacial score (nSPS) is 11.9. The topological polar surface area (TPSA) is 92.8 Å². The Morgan fingerprint density at radius 2 is 1.77 bits per heavy atom. The number of nitrogens with one attached hydrogen (secondary N) is 1. The number of hydrogen-bond acceptors (Lipinski definition) is 5. The van der Waals surface area contributed by atoms with Gasteiger partial charge in [-0.25, -0.2) is 4.98 Å². The number of nitriles is 1. The fourth-order valence-corrected chi connectivity index (χ4v) is 4.07. The summed E-state index contributed by atoms with van der Waals surface area (Å²) in [7, 11) is 0.